The van der Waals surface area contributed by atoms with Crippen molar-refractivity contribution >= 4 is 11.0 Å². The van der Waals surface area contributed by atoms with Crippen LogP contribution in [0, 0.1) is 12.9 Å². The van der Waals surface area contributed by atoms with Crippen molar-refractivity contribution in [3.05, 3.63) is 179 Å². The fourth-order valence-corrected chi connectivity index (χ4v) is 10.1. The van der Waals surface area contributed by atoms with Crippen LogP contribution in [0.2, 0.25) is 0 Å². The first-order valence-corrected chi connectivity index (χ1v) is 24.0. The predicted octanol–water partition coefficient (Wildman–Crippen LogP) is 16.6. The number of aromatic nitrogens is 3. The van der Waals surface area contributed by atoms with Gasteiger partial charge in [0.05, 0.1) is 16.6 Å². The molecule has 6 aromatic carbocycles. The standard InChI is InChI=1S/C63H68N3O.Pt/c1-41-21-23-42(24-22-41)43-29-34-64-54(38-43)45-35-44(36-48(37-45)59(2,3)4)51-19-16-20-55-56(51)65-58(52-39-49(60(5,6)7)40-53(57(52)67)61(8,9)10)66(55)50-27-25-47(26-28-50)63(12)32-30-62(11,31-33-63)46-17-14-13-15-18-46;/h13-29,34,36-40,67H,30-33H2,1-12H3;/q-1;/i1D3;. The molecule has 1 aliphatic rings. The first kappa shape index (κ1) is 44.9. The van der Waals surface area contributed by atoms with Crippen LogP contribution in [0.3, 0.4) is 0 Å². The molecule has 0 atom stereocenters. The molecule has 0 radical (unpaired) electrons. The zero-order valence-corrected chi connectivity index (χ0v) is 44.0. The summed E-state index contributed by atoms with van der Waals surface area (Å²) in [6, 6.07) is 50.1. The predicted molar refractivity (Wildman–Crippen MR) is 282 cm³/mol. The zero-order chi connectivity index (χ0) is 50.2. The van der Waals surface area contributed by atoms with E-state index in [1.54, 1.807) is 18.3 Å². The van der Waals surface area contributed by atoms with Gasteiger partial charge in [-0.1, -0.05) is 184 Å². The summed E-state index contributed by atoms with van der Waals surface area (Å²) < 4.78 is 25.8. The summed E-state index contributed by atoms with van der Waals surface area (Å²) in [5, 5.41) is 12.5. The smallest absolute Gasteiger partial charge is 0.148 e. The number of phenols is 1. The molecule has 9 rings (SSSR count). The van der Waals surface area contributed by atoms with E-state index in [2.05, 4.69) is 190 Å². The molecule has 1 saturated carbocycles. The minimum Gasteiger partial charge on any atom is -0.507 e. The Morgan fingerprint density at radius 1 is 0.603 bits per heavy atom. The Morgan fingerprint density at radius 2 is 1.21 bits per heavy atom. The summed E-state index contributed by atoms with van der Waals surface area (Å²) in [5.74, 6) is 0.923. The molecular formula is C63H68N3OPt-. The summed E-state index contributed by atoms with van der Waals surface area (Å²) in [7, 11) is 0. The van der Waals surface area contributed by atoms with E-state index < -0.39 is 6.85 Å². The van der Waals surface area contributed by atoms with Crippen LogP contribution in [0.1, 0.15) is 139 Å². The second-order valence-electron chi connectivity index (χ2n) is 22.9. The second-order valence-corrected chi connectivity index (χ2v) is 22.9. The number of fused-ring (bicyclic) bond motifs is 1. The van der Waals surface area contributed by atoms with Gasteiger partial charge in [-0.3, -0.25) is 9.55 Å². The fraction of sp³-hybridized carbons (Fsp3) is 0.333. The summed E-state index contributed by atoms with van der Waals surface area (Å²) in [5.41, 5.74) is 14.4. The maximum Gasteiger partial charge on any atom is 0.148 e. The van der Waals surface area contributed by atoms with Crippen molar-refractivity contribution in [3.63, 3.8) is 0 Å². The van der Waals surface area contributed by atoms with Gasteiger partial charge in [0.25, 0.3) is 0 Å². The summed E-state index contributed by atoms with van der Waals surface area (Å²) in [6.45, 7) is 22.5. The largest absolute Gasteiger partial charge is 0.507 e. The minimum absolute atomic E-state index is 0. The Hall–Kier alpha value is -5.57. The van der Waals surface area contributed by atoms with Gasteiger partial charge in [-0.25, -0.2) is 4.98 Å². The molecule has 0 amide bonds. The van der Waals surface area contributed by atoms with Crippen molar-refractivity contribution in [2.24, 2.45) is 0 Å². The molecule has 0 spiro atoms. The third-order valence-corrected chi connectivity index (χ3v) is 14.7. The first-order valence-electron chi connectivity index (χ1n) is 25.5. The monoisotopic (exact) mass is 1080 g/mol. The van der Waals surface area contributed by atoms with Gasteiger partial charge in [0.15, 0.2) is 0 Å². The number of para-hydroxylation sites is 1. The van der Waals surface area contributed by atoms with Crippen molar-refractivity contribution in [2.75, 3.05) is 0 Å². The van der Waals surface area contributed by atoms with Crippen molar-refractivity contribution in [2.45, 2.75) is 136 Å². The fourth-order valence-electron chi connectivity index (χ4n) is 10.1. The van der Waals surface area contributed by atoms with Gasteiger partial charge >= 0.3 is 0 Å². The van der Waals surface area contributed by atoms with Gasteiger partial charge < -0.3 is 5.11 Å². The van der Waals surface area contributed by atoms with Gasteiger partial charge in [0.2, 0.25) is 0 Å². The number of hydrogen-bond donors (Lipinski definition) is 1. The number of aryl methyl sites for hydroxylation is 1. The van der Waals surface area contributed by atoms with E-state index in [9.17, 15) is 5.11 Å². The van der Waals surface area contributed by atoms with Gasteiger partial charge in [-0.2, -0.15) is 0 Å². The first-order chi connectivity index (χ1) is 32.8. The van der Waals surface area contributed by atoms with Crippen molar-refractivity contribution in [1.29, 1.82) is 0 Å². The molecule has 2 heterocycles. The molecule has 0 saturated heterocycles. The number of aromatic hydroxyl groups is 1. The molecule has 68 heavy (non-hydrogen) atoms. The van der Waals surface area contributed by atoms with Gasteiger partial charge in [0, 0.05) is 48.3 Å². The van der Waals surface area contributed by atoms with E-state index in [0.29, 0.717) is 17.0 Å². The van der Waals surface area contributed by atoms with Crippen molar-refractivity contribution in [3.8, 4) is 56.3 Å². The molecule has 0 unspecified atom stereocenters. The van der Waals surface area contributed by atoms with Crippen LogP contribution in [-0.4, -0.2) is 19.6 Å². The number of imidazole rings is 1. The van der Waals surface area contributed by atoms with Gasteiger partial charge in [-0.05, 0) is 118 Å². The molecule has 1 aliphatic carbocycles. The van der Waals surface area contributed by atoms with E-state index >= 15 is 0 Å². The Labute approximate surface area is 424 Å². The maximum atomic E-state index is 12.5. The molecule has 0 bridgehead atoms. The Morgan fingerprint density at radius 3 is 1.81 bits per heavy atom. The van der Waals surface area contributed by atoms with Crippen molar-refractivity contribution < 1.29 is 30.3 Å². The molecule has 8 aromatic rings. The van der Waals surface area contributed by atoms with E-state index in [1.165, 1.54) is 11.1 Å². The number of pyridine rings is 1. The maximum absolute atomic E-state index is 12.5. The van der Waals surface area contributed by atoms with Crippen LogP contribution in [0.25, 0.3) is 61.6 Å². The molecule has 1 fully saturated rings. The van der Waals surface area contributed by atoms with Crippen LogP contribution in [-0.2, 0) is 48.1 Å². The average Bonchev–Trinajstić information content (AvgIpc) is 3.71. The Bertz CT molecular complexity index is 3210. The number of rotatable bonds is 7. The van der Waals surface area contributed by atoms with Gasteiger partial charge in [-0.15, -0.1) is 29.3 Å². The molecular weight excluding hydrogens is 1010 g/mol. The number of nitrogens with zero attached hydrogens (tertiary/aromatic N) is 3. The van der Waals surface area contributed by atoms with E-state index in [0.717, 1.165) is 92.6 Å². The van der Waals surface area contributed by atoms with Gasteiger partial charge in [0.1, 0.15) is 11.6 Å². The zero-order valence-electron chi connectivity index (χ0n) is 44.7. The Kier molecular flexibility index (Phi) is 11.9. The van der Waals surface area contributed by atoms with Crippen LogP contribution in [0.4, 0.5) is 0 Å². The number of benzene rings is 6. The Balaban J connectivity index is 0.00000676. The number of phenolic OH excluding ortho intramolecular Hbond substituents is 1. The third kappa shape index (κ3) is 9.43. The SMILES string of the molecule is [2H]C([2H])([2H])c1ccc(-c2ccnc(-c3[c-]c(-c4cccc5c4nc(-c4cc(C(C)(C)C)cc(C(C)(C)C)c4O)n5-c4ccc(C5(C)CCC(C)(c6ccccc6)CC5)cc4)cc(C(C)(C)C)c3)c2)cc1.[Pt]. The molecule has 1 N–H and O–H groups in total. The molecule has 2 aromatic heterocycles. The molecule has 0 aliphatic heterocycles. The van der Waals surface area contributed by atoms with E-state index in [-0.39, 0.29) is 53.9 Å². The quantitative estimate of drug-likeness (QED) is 0.162. The summed E-state index contributed by atoms with van der Waals surface area (Å²) in [4.78, 5) is 10.5. The average molecular weight is 1080 g/mol. The van der Waals surface area contributed by atoms with Crippen LogP contribution in [0.15, 0.2) is 140 Å². The van der Waals surface area contributed by atoms with Crippen LogP contribution in [0.5, 0.6) is 5.75 Å². The summed E-state index contributed by atoms with van der Waals surface area (Å²) in [6.07, 6.45) is 6.28. The van der Waals surface area contributed by atoms with E-state index in [4.69, 9.17) is 14.1 Å². The van der Waals surface area contributed by atoms with Crippen LogP contribution >= 0.6 is 0 Å². The topological polar surface area (TPSA) is 50.9 Å². The van der Waals surface area contributed by atoms with E-state index in [1.807, 2.05) is 18.2 Å². The molecule has 4 nitrogen and oxygen atoms in total. The third-order valence-electron chi connectivity index (χ3n) is 14.7. The number of hydrogen-bond acceptors (Lipinski definition) is 3. The minimum atomic E-state index is -2.17. The van der Waals surface area contributed by atoms with Crippen LogP contribution < -0.4 is 0 Å². The molecule has 5 heteroatoms. The second kappa shape index (κ2) is 18.1. The normalized spacial score (nSPS) is 18.7. The molecule has 352 valence electrons. The van der Waals surface area contributed by atoms with Crippen molar-refractivity contribution in [1.82, 2.24) is 14.5 Å². The summed E-state index contributed by atoms with van der Waals surface area (Å²) >= 11 is 0.